The first-order valence-corrected chi connectivity index (χ1v) is 10.3. The normalized spacial score (nSPS) is 17.6. The Morgan fingerprint density at radius 2 is 1.84 bits per heavy atom. The zero-order chi connectivity index (χ0) is 22.8. The maximum absolute atomic E-state index is 13.2. The fourth-order valence-corrected chi connectivity index (χ4v) is 4.00. The molecule has 0 bridgehead atoms. The number of carbonyl (C=O) groups excluding carboxylic acids is 2. The number of benzene rings is 2. The van der Waals surface area contributed by atoms with Crippen LogP contribution in [0, 0.1) is 13.8 Å². The highest BCUT2D eigenvalue weighted by Crippen LogP contribution is 2.41. The molecule has 6 nitrogen and oxygen atoms in total. The molecule has 32 heavy (non-hydrogen) atoms. The minimum absolute atomic E-state index is 0.0796. The Bertz CT molecular complexity index is 1200. The Kier molecular flexibility index (Phi) is 5.77. The van der Waals surface area contributed by atoms with Gasteiger partial charge in [-0.05, 0) is 54.8 Å². The Morgan fingerprint density at radius 1 is 1.09 bits per heavy atom. The van der Waals surface area contributed by atoms with E-state index in [0.717, 1.165) is 22.3 Å². The molecule has 2 heterocycles. The van der Waals surface area contributed by atoms with Gasteiger partial charge in [-0.3, -0.25) is 14.6 Å². The van der Waals surface area contributed by atoms with Gasteiger partial charge in [-0.15, -0.1) is 0 Å². The summed E-state index contributed by atoms with van der Waals surface area (Å²) >= 11 is 0. The van der Waals surface area contributed by atoms with Crippen molar-refractivity contribution in [2.24, 2.45) is 0 Å². The van der Waals surface area contributed by atoms with E-state index in [2.05, 4.69) is 4.98 Å². The number of hydrogen-bond donors (Lipinski definition) is 1. The monoisotopic (exact) mass is 428 g/mol. The zero-order valence-corrected chi connectivity index (χ0v) is 18.2. The predicted molar refractivity (Wildman–Crippen MR) is 121 cm³/mol. The summed E-state index contributed by atoms with van der Waals surface area (Å²) in [5, 5.41) is 11.2. The molecule has 1 amide bonds. The molecule has 1 N–H and O–H groups in total. The molecule has 4 rings (SSSR count). The number of pyridine rings is 1. The minimum Gasteiger partial charge on any atom is -0.507 e. The first-order valence-electron chi connectivity index (χ1n) is 10.3. The van der Waals surface area contributed by atoms with Crippen LogP contribution in [0.1, 0.15) is 33.9 Å². The zero-order valence-electron chi connectivity index (χ0n) is 18.2. The highest BCUT2D eigenvalue weighted by molar-refractivity contribution is 6.46. The van der Waals surface area contributed by atoms with Crippen molar-refractivity contribution in [2.45, 2.75) is 26.4 Å². The lowest BCUT2D eigenvalue weighted by atomic mass is 9.93. The molecule has 1 saturated heterocycles. The lowest BCUT2D eigenvalue weighted by Gasteiger charge is -2.25. The van der Waals surface area contributed by atoms with Crippen LogP contribution in [0.4, 0.5) is 0 Å². The van der Waals surface area contributed by atoms with Gasteiger partial charge in [0.25, 0.3) is 11.7 Å². The number of aryl methyl sites for hydroxylation is 2. The maximum Gasteiger partial charge on any atom is 0.295 e. The van der Waals surface area contributed by atoms with E-state index in [1.54, 1.807) is 43.8 Å². The number of nitrogens with zero attached hydrogens (tertiary/aromatic N) is 2. The molecule has 1 fully saturated rings. The number of ketones is 1. The Morgan fingerprint density at radius 3 is 2.47 bits per heavy atom. The van der Waals surface area contributed by atoms with Crippen LogP contribution >= 0.6 is 0 Å². The number of carbonyl (C=O) groups is 2. The van der Waals surface area contributed by atoms with Gasteiger partial charge in [0.05, 0.1) is 18.7 Å². The number of ether oxygens (including phenoxy) is 1. The molecule has 0 unspecified atom stereocenters. The van der Waals surface area contributed by atoms with Gasteiger partial charge in [0.2, 0.25) is 0 Å². The van der Waals surface area contributed by atoms with Gasteiger partial charge in [0.15, 0.2) is 0 Å². The number of amides is 1. The van der Waals surface area contributed by atoms with Crippen molar-refractivity contribution in [3.8, 4) is 5.75 Å². The number of aliphatic hydroxyl groups is 1. The van der Waals surface area contributed by atoms with Crippen LogP contribution < -0.4 is 4.74 Å². The number of aliphatic hydroxyl groups excluding tert-OH is 1. The van der Waals surface area contributed by atoms with Gasteiger partial charge < -0.3 is 14.7 Å². The van der Waals surface area contributed by atoms with Crippen LogP contribution in [-0.2, 0) is 16.1 Å². The van der Waals surface area contributed by atoms with Crippen molar-refractivity contribution in [3.05, 3.63) is 100 Å². The summed E-state index contributed by atoms with van der Waals surface area (Å²) in [5.74, 6) is -0.895. The molecule has 3 aromatic rings. The molecular weight excluding hydrogens is 404 g/mol. The number of hydrogen-bond acceptors (Lipinski definition) is 5. The minimum atomic E-state index is -0.711. The highest BCUT2D eigenvalue weighted by Gasteiger charge is 2.46. The van der Waals surface area contributed by atoms with Crippen LogP contribution in [0.25, 0.3) is 5.76 Å². The Balaban J connectivity index is 1.87. The quantitative estimate of drug-likeness (QED) is 0.372. The number of aromatic nitrogens is 1. The summed E-state index contributed by atoms with van der Waals surface area (Å²) in [6.45, 7) is 4.00. The van der Waals surface area contributed by atoms with Crippen LogP contribution in [-0.4, -0.2) is 33.8 Å². The van der Waals surface area contributed by atoms with Crippen molar-refractivity contribution in [1.82, 2.24) is 9.88 Å². The number of Topliss-reactive ketones (excluding diaryl/α,β-unsaturated/α-hetero) is 1. The molecule has 162 valence electrons. The second kappa shape index (κ2) is 8.67. The summed E-state index contributed by atoms with van der Waals surface area (Å²) in [6, 6.07) is 15.8. The first kappa shape index (κ1) is 21.3. The van der Waals surface area contributed by atoms with Gasteiger partial charge in [-0.25, -0.2) is 0 Å². The highest BCUT2D eigenvalue weighted by atomic mass is 16.5. The van der Waals surface area contributed by atoms with Crippen molar-refractivity contribution in [3.63, 3.8) is 0 Å². The number of rotatable bonds is 5. The SMILES string of the molecule is COc1ccc(C(O)=C2C(=O)C(=O)N(Cc3cccnc3)[C@@H]2c2ccc(C)cc2)c(C)c1. The van der Waals surface area contributed by atoms with E-state index < -0.39 is 17.7 Å². The Labute approximate surface area is 186 Å². The number of likely N-dealkylation sites (tertiary alicyclic amines) is 1. The average molecular weight is 428 g/mol. The van der Waals surface area contributed by atoms with E-state index in [9.17, 15) is 14.7 Å². The molecule has 1 aliphatic heterocycles. The van der Waals surface area contributed by atoms with Crippen molar-refractivity contribution in [1.29, 1.82) is 0 Å². The van der Waals surface area contributed by atoms with E-state index in [1.165, 1.54) is 4.90 Å². The van der Waals surface area contributed by atoms with Gasteiger partial charge in [-0.1, -0.05) is 35.9 Å². The van der Waals surface area contributed by atoms with Crippen LogP contribution in [0.2, 0.25) is 0 Å². The molecule has 6 heteroatoms. The topological polar surface area (TPSA) is 79.7 Å². The first-order chi connectivity index (χ1) is 15.4. The standard InChI is InChI=1S/C26H24N2O4/c1-16-6-8-19(9-7-16)23-22(24(29)21-11-10-20(32-3)13-17(21)2)25(30)26(31)28(23)15-18-5-4-12-27-14-18/h4-14,23,29H,15H2,1-3H3/t23-/m1/s1. The summed E-state index contributed by atoms with van der Waals surface area (Å²) in [7, 11) is 1.57. The Hall–Kier alpha value is -3.93. The summed E-state index contributed by atoms with van der Waals surface area (Å²) in [5.41, 5.74) is 3.92. The van der Waals surface area contributed by atoms with Crippen LogP contribution in [0.5, 0.6) is 5.75 Å². The van der Waals surface area contributed by atoms with Crippen LogP contribution in [0.15, 0.2) is 72.6 Å². The molecule has 1 atom stereocenters. The van der Waals surface area contributed by atoms with Crippen LogP contribution in [0.3, 0.4) is 0 Å². The molecular formula is C26H24N2O4. The average Bonchev–Trinajstić information content (AvgIpc) is 3.04. The fourth-order valence-electron chi connectivity index (χ4n) is 4.00. The molecule has 0 aliphatic carbocycles. The van der Waals surface area contributed by atoms with Crippen molar-refractivity contribution < 1.29 is 19.4 Å². The lowest BCUT2D eigenvalue weighted by Crippen LogP contribution is -2.29. The molecule has 2 aromatic carbocycles. The molecule has 0 saturated carbocycles. The largest absolute Gasteiger partial charge is 0.507 e. The molecule has 0 spiro atoms. The van der Waals surface area contributed by atoms with Gasteiger partial charge >= 0.3 is 0 Å². The fraction of sp³-hybridized carbons (Fsp3) is 0.192. The molecule has 0 radical (unpaired) electrons. The summed E-state index contributed by atoms with van der Waals surface area (Å²) in [6.07, 6.45) is 3.32. The molecule has 1 aromatic heterocycles. The van der Waals surface area contributed by atoms with Crippen molar-refractivity contribution >= 4 is 17.4 Å². The summed E-state index contributed by atoms with van der Waals surface area (Å²) in [4.78, 5) is 31.8. The van der Waals surface area contributed by atoms with Gasteiger partial charge in [0.1, 0.15) is 11.5 Å². The third-order valence-corrected chi connectivity index (χ3v) is 5.70. The van der Waals surface area contributed by atoms with E-state index in [4.69, 9.17) is 4.74 Å². The lowest BCUT2D eigenvalue weighted by molar-refractivity contribution is -0.140. The van der Waals surface area contributed by atoms with E-state index in [1.807, 2.05) is 44.2 Å². The third kappa shape index (κ3) is 3.87. The van der Waals surface area contributed by atoms with Gasteiger partial charge in [0, 0.05) is 24.5 Å². The van der Waals surface area contributed by atoms with Crippen molar-refractivity contribution in [2.75, 3.05) is 7.11 Å². The summed E-state index contributed by atoms with van der Waals surface area (Å²) < 4.78 is 5.25. The maximum atomic E-state index is 13.2. The molecule has 1 aliphatic rings. The second-order valence-electron chi connectivity index (χ2n) is 7.88. The van der Waals surface area contributed by atoms with E-state index >= 15 is 0 Å². The van der Waals surface area contributed by atoms with Gasteiger partial charge in [-0.2, -0.15) is 0 Å². The van der Waals surface area contributed by atoms with E-state index in [0.29, 0.717) is 11.3 Å². The third-order valence-electron chi connectivity index (χ3n) is 5.70. The number of methoxy groups -OCH3 is 1. The predicted octanol–water partition coefficient (Wildman–Crippen LogP) is 4.33. The smallest absolute Gasteiger partial charge is 0.295 e. The second-order valence-corrected chi connectivity index (χ2v) is 7.88. The van der Waals surface area contributed by atoms with E-state index in [-0.39, 0.29) is 17.9 Å².